The van der Waals surface area contributed by atoms with Crippen molar-refractivity contribution in [3.63, 3.8) is 0 Å². The number of nitrogens with zero attached hydrogens (tertiary/aromatic N) is 4. The Morgan fingerprint density at radius 2 is 1.81 bits per heavy atom. The predicted octanol–water partition coefficient (Wildman–Crippen LogP) is 2.75. The fourth-order valence-corrected chi connectivity index (χ4v) is 9.75. The maximum Gasteiger partial charge on any atom is 0.265 e. The average Bonchev–Trinajstić information content (AvgIpc) is 3.98. The number of furan rings is 1. The summed E-state index contributed by atoms with van der Waals surface area (Å²) in [6.07, 6.45) is 3.68. The third-order valence-corrected chi connectivity index (χ3v) is 13.6. The van der Waals surface area contributed by atoms with Gasteiger partial charge in [0.15, 0.2) is 5.13 Å². The first-order valence-electron chi connectivity index (χ1n) is 19.6. The molecule has 3 aliphatic heterocycles. The van der Waals surface area contributed by atoms with E-state index in [0.717, 1.165) is 26.2 Å². The standard InChI is InChI=1S/C39H53N9O7S3/c1-39(2,3)29-7-5-26(55-29)23-56-33-20-43-38(58-33)45-35(52)24-9-13-47(14-10-24)22-32(51)41-12-16-46(4)15-11-40-19-31(50)42-18-27-17-25-21-48(37(54)34(25)57-27)28-6-8-30(49)44-36(28)53/h5,7,17,20,24,28,40H,6,8-16,18-19,21-23H2,1-4H3,(H,41,51)(H,42,50)(H,43,45,52)(H,44,49,53). The molecule has 1 atom stereocenters. The Hall–Kier alpha value is -4.14. The number of fused-ring (bicyclic) bond motifs is 1. The van der Waals surface area contributed by atoms with E-state index >= 15 is 0 Å². The third kappa shape index (κ3) is 12.0. The number of nitrogens with one attached hydrogen (secondary N) is 5. The van der Waals surface area contributed by atoms with Crippen molar-refractivity contribution in [3.05, 3.63) is 51.2 Å². The van der Waals surface area contributed by atoms with Gasteiger partial charge in [0.1, 0.15) is 17.6 Å². The van der Waals surface area contributed by atoms with E-state index in [1.165, 1.54) is 27.6 Å². The lowest BCUT2D eigenvalue weighted by atomic mass is 9.94. The molecule has 6 amide bonds. The fourth-order valence-electron chi connectivity index (χ4n) is 6.91. The zero-order chi connectivity index (χ0) is 41.4. The third-order valence-electron chi connectivity index (χ3n) is 10.3. The first-order valence-corrected chi connectivity index (χ1v) is 22.2. The number of hydrogen-bond acceptors (Lipinski definition) is 14. The van der Waals surface area contributed by atoms with Crippen molar-refractivity contribution in [2.45, 2.75) is 81.0 Å². The van der Waals surface area contributed by atoms with E-state index in [4.69, 9.17) is 4.42 Å². The van der Waals surface area contributed by atoms with Crippen LogP contribution in [-0.4, -0.2) is 121 Å². The molecule has 3 aromatic heterocycles. The Morgan fingerprint density at radius 3 is 2.53 bits per heavy atom. The van der Waals surface area contributed by atoms with Crippen LogP contribution in [0, 0.1) is 5.92 Å². The van der Waals surface area contributed by atoms with E-state index in [1.54, 1.807) is 18.0 Å². The van der Waals surface area contributed by atoms with Gasteiger partial charge in [0.25, 0.3) is 5.91 Å². The summed E-state index contributed by atoms with van der Waals surface area (Å²) in [5.74, 6) is 1.23. The molecule has 0 bridgehead atoms. The summed E-state index contributed by atoms with van der Waals surface area (Å²) in [6, 6.07) is 5.28. The molecule has 5 N–H and O–H groups in total. The number of thiophene rings is 1. The normalized spacial score (nSPS) is 17.8. The van der Waals surface area contributed by atoms with Crippen molar-refractivity contribution < 1.29 is 33.2 Å². The van der Waals surface area contributed by atoms with Crippen molar-refractivity contribution in [3.8, 4) is 0 Å². The summed E-state index contributed by atoms with van der Waals surface area (Å²) in [7, 11) is 1.96. The van der Waals surface area contributed by atoms with E-state index in [-0.39, 0.29) is 53.8 Å². The second-order valence-corrected chi connectivity index (χ2v) is 19.3. The van der Waals surface area contributed by atoms with Crippen molar-refractivity contribution in [2.75, 3.05) is 64.7 Å². The van der Waals surface area contributed by atoms with Crippen LogP contribution in [0.25, 0.3) is 0 Å². The molecule has 3 aliphatic rings. The van der Waals surface area contributed by atoms with Crippen LogP contribution in [0.3, 0.4) is 0 Å². The van der Waals surface area contributed by atoms with Crippen LogP contribution in [0.5, 0.6) is 0 Å². The van der Waals surface area contributed by atoms with Gasteiger partial charge in [0.2, 0.25) is 29.5 Å². The van der Waals surface area contributed by atoms with Crippen LogP contribution in [0.1, 0.15) is 78.1 Å². The van der Waals surface area contributed by atoms with E-state index in [1.807, 2.05) is 25.2 Å². The Balaban J connectivity index is 0.776. The summed E-state index contributed by atoms with van der Waals surface area (Å²) in [5, 5.41) is 14.9. The molecule has 6 heterocycles. The molecule has 2 fully saturated rings. The molecule has 19 heteroatoms. The molecule has 16 nitrogen and oxygen atoms in total. The highest BCUT2D eigenvalue weighted by Crippen LogP contribution is 2.35. The van der Waals surface area contributed by atoms with Crippen LogP contribution in [0.15, 0.2) is 33.0 Å². The molecular formula is C39H53N9O7S3. The van der Waals surface area contributed by atoms with E-state index in [9.17, 15) is 28.8 Å². The minimum absolute atomic E-state index is 0.0307. The van der Waals surface area contributed by atoms with Gasteiger partial charge < -0.3 is 35.5 Å². The highest BCUT2D eigenvalue weighted by atomic mass is 32.2. The lowest BCUT2D eigenvalue weighted by Gasteiger charge is -2.30. The van der Waals surface area contributed by atoms with Crippen molar-refractivity contribution in [1.82, 2.24) is 41.0 Å². The Bertz CT molecular complexity index is 1960. The number of hydrogen-bond donors (Lipinski definition) is 5. The summed E-state index contributed by atoms with van der Waals surface area (Å²) < 4.78 is 6.98. The molecule has 6 rings (SSSR count). The highest BCUT2D eigenvalue weighted by molar-refractivity contribution is 8.00. The molecule has 2 saturated heterocycles. The minimum atomic E-state index is -0.642. The maximum atomic E-state index is 13.0. The summed E-state index contributed by atoms with van der Waals surface area (Å²) >= 11 is 4.41. The lowest BCUT2D eigenvalue weighted by Crippen LogP contribution is -2.52. The van der Waals surface area contributed by atoms with Gasteiger partial charge in [0, 0.05) is 55.4 Å². The SMILES string of the molecule is CN(CCNCC(=O)NCc1cc2c(s1)C(=O)N(C1CCC(=O)NC1=O)C2)CCNC(=O)CN1CCC(C(=O)Nc2ncc(SCc3ccc(C(C)(C)C)o3)s2)CC1. The number of likely N-dealkylation sites (N-methyl/N-ethyl adjacent to an activating group) is 1. The molecule has 0 aromatic carbocycles. The van der Waals surface area contributed by atoms with Gasteiger partial charge in [-0.05, 0) is 63.2 Å². The Kier molecular flexibility index (Phi) is 14.8. The molecule has 3 aromatic rings. The van der Waals surface area contributed by atoms with E-state index in [2.05, 4.69) is 62.1 Å². The van der Waals surface area contributed by atoms with Crippen LogP contribution in [-0.2, 0) is 48.2 Å². The number of anilines is 1. The lowest BCUT2D eigenvalue weighted by molar-refractivity contribution is -0.137. The Morgan fingerprint density at radius 1 is 1.03 bits per heavy atom. The van der Waals surface area contributed by atoms with Crippen molar-refractivity contribution in [2.24, 2.45) is 5.92 Å². The second kappa shape index (κ2) is 19.7. The number of aromatic nitrogens is 1. The van der Waals surface area contributed by atoms with Gasteiger partial charge in [-0.25, -0.2) is 4.98 Å². The van der Waals surface area contributed by atoms with Crippen molar-refractivity contribution in [1.29, 1.82) is 0 Å². The number of likely N-dealkylation sites (tertiary alicyclic amines) is 1. The molecule has 1 unspecified atom stereocenters. The number of thioether (sulfide) groups is 1. The summed E-state index contributed by atoms with van der Waals surface area (Å²) in [5.41, 5.74) is 0.798. The second-order valence-electron chi connectivity index (χ2n) is 15.9. The van der Waals surface area contributed by atoms with Crippen molar-refractivity contribution >= 4 is 75.0 Å². The average molecular weight is 856 g/mol. The molecule has 0 saturated carbocycles. The number of thiazole rings is 1. The van der Waals surface area contributed by atoms with Crippen LogP contribution >= 0.6 is 34.4 Å². The molecule has 314 valence electrons. The predicted molar refractivity (Wildman–Crippen MR) is 222 cm³/mol. The molecule has 0 radical (unpaired) electrons. The summed E-state index contributed by atoms with van der Waals surface area (Å²) in [6.45, 7) is 11.2. The largest absolute Gasteiger partial charge is 0.465 e. The fraction of sp³-hybridized carbons (Fsp3) is 0.564. The van der Waals surface area contributed by atoms with Gasteiger partial charge in [0.05, 0.1) is 40.7 Å². The highest BCUT2D eigenvalue weighted by Gasteiger charge is 2.40. The number of amides is 6. The number of imide groups is 1. The zero-order valence-corrected chi connectivity index (χ0v) is 35.9. The molecule has 58 heavy (non-hydrogen) atoms. The number of carbonyl (C=O) groups is 6. The first-order chi connectivity index (χ1) is 27.7. The van der Waals surface area contributed by atoms with Gasteiger partial charge in [-0.3, -0.25) is 39.0 Å². The minimum Gasteiger partial charge on any atom is -0.465 e. The quantitative estimate of drug-likeness (QED) is 0.0714. The van der Waals surface area contributed by atoms with Crippen LogP contribution in [0.4, 0.5) is 5.13 Å². The molecule has 0 spiro atoms. The Labute approximate surface area is 350 Å². The van der Waals surface area contributed by atoms with Gasteiger partial charge in [-0.1, -0.05) is 32.1 Å². The van der Waals surface area contributed by atoms with Gasteiger partial charge in [-0.15, -0.1) is 23.1 Å². The number of carbonyl (C=O) groups excluding carboxylic acids is 6. The van der Waals surface area contributed by atoms with E-state index in [0.29, 0.717) is 93.9 Å². The maximum absolute atomic E-state index is 13.0. The van der Waals surface area contributed by atoms with Crippen LogP contribution < -0.4 is 26.6 Å². The molecular weight excluding hydrogens is 803 g/mol. The van der Waals surface area contributed by atoms with E-state index < -0.39 is 11.9 Å². The number of piperidine rings is 2. The smallest absolute Gasteiger partial charge is 0.265 e. The first kappa shape index (κ1) is 43.4. The topological polar surface area (TPSA) is 198 Å². The van der Waals surface area contributed by atoms with Gasteiger partial charge in [-0.2, -0.15) is 0 Å². The molecule has 0 aliphatic carbocycles. The van der Waals surface area contributed by atoms with Gasteiger partial charge >= 0.3 is 0 Å². The zero-order valence-electron chi connectivity index (χ0n) is 33.4. The monoisotopic (exact) mass is 855 g/mol. The summed E-state index contributed by atoms with van der Waals surface area (Å²) in [4.78, 5) is 86.2. The van der Waals surface area contributed by atoms with Crippen LogP contribution in [0.2, 0.25) is 0 Å². The number of rotatable bonds is 18.